The molecule has 0 radical (unpaired) electrons. The number of hydrogen-bond acceptors (Lipinski definition) is 2. The van der Waals surface area contributed by atoms with Crippen LogP contribution in [0.15, 0.2) is 194 Å². The van der Waals surface area contributed by atoms with Gasteiger partial charge in [-0.2, -0.15) is 10.5 Å². The van der Waals surface area contributed by atoms with Crippen LogP contribution in [0.3, 0.4) is 0 Å². The van der Waals surface area contributed by atoms with E-state index in [1.165, 1.54) is 0 Å². The zero-order valence-electron chi connectivity index (χ0n) is 33.2. The van der Waals surface area contributed by atoms with E-state index in [1.807, 2.05) is 30.3 Å². The summed E-state index contributed by atoms with van der Waals surface area (Å²) in [5, 5.41) is 31.3. The first-order valence-corrected chi connectivity index (χ1v) is 20.7. The Hall–Kier alpha value is -8.84. The van der Waals surface area contributed by atoms with E-state index in [0.717, 1.165) is 98.6 Å². The van der Waals surface area contributed by atoms with Gasteiger partial charge in [-0.25, -0.2) is 0 Å². The number of para-hydroxylation sites is 6. The van der Waals surface area contributed by atoms with Gasteiger partial charge in [-0.05, 0) is 84.9 Å². The van der Waals surface area contributed by atoms with Crippen LogP contribution in [0.1, 0.15) is 11.1 Å². The highest BCUT2D eigenvalue weighted by Gasteiger charge is 2.27. The highest BCUT2D eigenvalue weighted by molar-refractivity contribution is 6.30. The van der Waals surface area contributed by atoms with Crippen molar-refractivity contribution in [3.8, 4) is 34.9 Å². The lowest BCUT2D eigenvalue weighted by Gasteiger charge is -2.17. The average Bonchev–Trinajstić information content (AvgIpc) is 4.06. The Morgan fingerprint density at radius 1 is 0.290 bits per heavy atom. The molecular formula is C56H32N6. The van der Waals surface area contributed by atoms with E-state index < -0.39 is 0 Å². The monoisotopic (exact) mass is 788 g/mol. The SMILES string of the molecule is N#Cc1ccc(-n2c3ccccc3c3c4c5ccccc5n(-c5ccccc5)c4ccc32)c(C#N)c1-n1c2ccccc2c2c3c4ccccc4n(-c4ccccc4)c3ccc21. The summed E-state index contributed by atoms with van der Waals surface area (Å²) in [4.78, 5) is 0. The first kappa shape index (κ1) is 34.1. The second-order valence-electron chi connectivity index (χ2n) is 15.9. The molecule has 0 aliphatic rings. The van der Waals surface area contributed by atoms with E-state index in [0.29, 0.717) is 22.5 Å². The van der Waals surface area contributed by atoms with Crippen molar-refractivity contribution in [3.63, 3.8) is 0 Å². The second-order valence-corrected chi connectivity index (χ2v) is 15.9. The second kappa shape index (κ2) is 12.8. The van der Waals surface area contributed by atoms with Crippen LogP contribution in [0.4, 0.5) is 0 Å². The highest BCUT2D eigenvalue weighted by Crippen LogP contribution is 2.46. The fourth-order valence-corrected chi connectivity index (χ4v) is 10.4. The molecule has 13 rings (SSSR count). The third kappa shape index (κ3) is 4.45. The zero-order chi connectivity index (χ0) is 41.1. The van der Waals surface area contributed by atoms with Gasteiger partial charge in [0.05, 0.1) is 61.1 Å². The Morgan fingerprint density at radius 3 is 1.06 bits per heavy atom. The molecule has 0 saturated carbocycles. The standard InChI is InChI=1S/C56H32N6/c57-33-35-27-28-47(61-45-25-13-9-21-40(45)54-50(61)31-29-48-52(54)38-19-7-11-23-43(38)59(48)36-15-3-1-4-16-36)42(34-58)56(35)62-46-26-14-10-22-41(46)55-51(62)32-30-49-53(55)39-20-8-12-24-44(39)60(49)37-17-5-2-6-18-37/h1-32H. The van der Waals surface area contributed by atoms with Gasteiger partial charge in [0, 0.05) is 54.5 Å². The fraction of sp³-hybridized carbons (Fsp3) is 0. The van der Waals surface area contributed by atoms with E-state index >= 15 is 0 Å². The van der Waals surface area contributed by atoms with E-state index in [2.05, 4.69) is 194 Å². The van der Waals surface area contributed by atoms with Crippen molar-refractivity contribution in [2.75, 3.05) is 0 Å². The summed E-state index contributed by atoms with van der Waals surface area (Å²) < 4.78 is 9.04. The molecule has 0 unspecified atom stereocenters. The Balaban J connectivity index is 1.15. The lowest BCUT2D eigenvalue weighted by Crippen LogP contribution is -2.06. The Morgan fingerprint density at radius 2 is 0.645 bits per heavy atom. The summed E-state index contributed by atoms with van der Waals surface area (Å²) >= 11 is 0. The number of benzene rings is 9. The van der Waals surface area contributed by atoms with Gasteiger partial charge < -0.3 is 18.3 Å². The van der Waals surface area contributed by atoms with Gasteiger partial charge in [-0.15, -0.1) is 0 Å². The molecule has 0 amide bonds. The first-order valence-electron chi connectivity index (χ1n) is 20.7. The predicted molar refractivity (Wildman–Crippen MR) is 253 cm³/mol. The topological polar surface area (TPSA) is 67.3 Å². The number of rotatable bonds is 4. The normalized spacial score (nSPS) is 11.8. The molecule has 4 aromatic heterocycles. The van der Waals surface area contributed by atoms with E-state index in [9.17, 15) is 10.5 Å². The van der Waals surface area contributed by atoms with Gasteiger partial charge in [0.15, 0.2) is 0 Å². The van der Waals surface area contributed by atoms with Gasteiger partial charge in [0.2, 0.25) is 0 Å². The molecule has 13 aromatic rings. The maximum Gasteiger partial charge on any atom is 0.104 e. The molecule has 0 aliphatic heterocycles. The van der Waals surface area contributed by atoms with E-state index in [1.54, 1.807) is 0 Å². The minimum absolute atomic E-state index is 0.424. The summed E-state index contributed by atoms with van der Waals surface area (Å²) in [7, 11) is 0. The molecule has 0 spiro atoms. The molecule has 0 bridgehead atoms. The molecule has 286 valence electrons. The summed E-state index contributed by atoms with van der Waals surface area (Å²) in [6.45, 7) is 0. The smallest absolute Gasteiger partial charge is 0.104 e. The van der Waals surface area contributed by atoms with Crippen molar-refractivity contribution in [1.82, 2.24) is 18.3 Å². The van der Waals surface area contributed by atoms with Crippen LogP contribution in [-0.4, -0.2) is 18.3 Å². The summed E-state index contributed by atoms with van der Waals surface area (Å²) in [6.07, 6.45) is 0. The Bertz CT molecular complexity index is 4110. The number of nitrogens with zero attached hydrogens (tertiary/aromatic N) is 6. The van der Waals surface area contributed by atoms with Gasteiger partial charge >= 0.3 is 0 Å². The van der Waals surface area contributed by atoms with Crippen molar-refractivity contribution >= 4 is 87.2 Å². The van der Waals surface area contributed by atoms with Crippen LogP contribution in [0, 0.1) is 22.7 Å². The minimum Gasteiger partial charge on any atom is -0.309 e. The molecule has 9 aromatic carbocycles. The third-order valence-electron chi connectivity index (χ3n) is 12.8. The van der Waals surface area contributed by atoms with Crippen molar-refractivity contribution < 1.29 is 0 Å². The van der Waals surface area contributed by atoms with Crippen LogP contribution in [-0.2, 0) is 0 Å². The molecule has 0 fully saturated rings. The zero-order valence-corrected chi connectivity index (χ0v) is 33.2. The molecule has 0 aliphatic carbocycles. The van der Waals surface area contributed by atoms with Gasteiger partial charge in [-0.3, -0.25) is 0 Å². The number of hydrogen-bond donors (Lipinski definition) is 0. The third-order valence-corrected chi connectivity index (χ3v) is 12.8. The van der Waals surface area contributed by atoms with Crippen LogP contribution in [0.2, 0.25) is 0 Å². The lowest BCUT2D eigenvalue weighted by atomic mass is 10.0. The average molecular weight is 789 g/mol. The lowest BCUT2D eigenvalue weighted by molar-refractivity contribution is 1.11. The summed E-state index contributed by atoms with van der Waals surface area (Å²) in [5.41, 5.74) is 12.6. The van der Waals surface area contributed by atoms with Gasteiger partial charge in [-0.1, -0.05) is 109 Å². The minimum atomic E-state index is 0.424. The van der Waals surface area contributed by atoms with Crippen molar-refractivity contribution in [1.29, 1.82) is 10.5 Å². The fourth-order valence-electron chi connectivity index (χ4n) is 10.4. The highest BCUT2D eigenvalue weighted by atomic mass is 15.0. The van der Waals surface area contributed by atoms with Gasteiger partial charge in [0.1, 0.15) is 17.7 Å². The Kier molecular flexibility index (Phi) is 7.05. The van der Waals surface area contributed by atoms with E-state index in [4.69, 9.17) is 0 Å². The molecule has 0 atom stereocenters. The molecule has 6 nitrogen and oxygen atoms in total. The summed E-state index contributed by atoms with van der Waals surface area (Å²) in [5.74, 6) is 0. The predicted octanol–water partition coefficient (Wildman–Crippen LogP) is 13.8. The largest absolute Gasteiger partial charge is 0.309 e. The number of fused-ring (bicyclic) bond motifs is 14. The quantitative estimate of drug-likeness (QED) is 0.178. The molecule has 4 heterocycles. The maximum atomic E-state index is 11.5. The summed E-state index contributed by atoms with van der Waals surface area (Å²) in [6, 6.07) is 72.7. The maximum absolute atomic E-state index is 11.5. The van der Waals surface area contributed by atoms with Crippen molar-refractivity contribution in [2.45, 2.75) is 0 Å². The number of nitriles is 2. The van der Waals surface area contributed by atoms with Crippen LogP contribution >= 0.6 is 0 Å². The van der Waals surface area contributed by atoms with E-state index in [-0.39, 0.29) is 0 Å². The van der Waals surface area contributed by atoms with Crippen molar-refractivity contribution in [3.05, 3.63) is 205 Å². The van der Waals surface area contributed by atoms with Crippen molar-refractivity contribution in [2.24, 2.45) is 0 Å². The molecular weight excluding hydrogens is 757 g/mol. The molecule has 62 heavy (non-hydrogen) atoms. The first-order chi connectivity index (χ1) is 30.7. The molecule has 0 saturated heterocycles. The van der Waals surface area contributed by atoms with Crippen LogP contribution in [0.5, 0.6) is 0 Å². The molecule has 0 N–H and O–H groups in total. The molecule has 6 heteroatoms. The number of aromatic nitrogens is 4. The van der Waals surface area contributed by atoms with Crippen LogP contribution < -0.4 is 0 Å². The van der Waals surface area contributed by atoms with Gasteiger partial charge in [0.25, 0.3) is 0 Å². The van der Waals surface area contributed by atoms with Crippen LogP contribution in [0.25, 0.3) is 110 Å². The Labute approximate surface area is 354 Å².